The molecule has 19 heavy (non-hydrogen) atoms. The summed E-state index contributed by atoms with van der Waals surface area (Å²) in [5, 5.41) is 0. The summed E-state index contributed by atoms with van der Waals surface area (Å²) >= 11 is 0. The molecule has 1 heterocycles. The molecule has 0 aromatic heterocycles. The molecule has 1 aliphatic rings. The Morgan fingerprint density at radius 1 is 1.00 bits per heavy atom. The second-order valence-electron chi connectivity index (χ2n) is 5.49. The molecule has 1 aliphatic heterocycles. The molecule has 0 bridgehead atoms. The first-order valence-electron chi connectivity index (χ1n) is 7.55. The Labute approximate surface area is 117 Å². The topological polar surface area (TPSA) is 32.5 Å². The van der Waals surface area contributed by atoms with Crippen LogP contribution < -0.4 is 5.73 Å². The highest BCUT2D eigenvalue weighted by Crippen LogP contribution is 2.14. The van der Waals surface area contributed by atoms with E-state index >= 15 is 0 Å². The summed E-state index contributed by atoms with van der Waals surface area (Å²) in [4.78, 5) is 5.11. The average Bonchev–Trinajstić information content (AvgIpc) is 2.47. The number of hydrogen-bond donors (Lipinski definition) is 1. The molecule has 0 aliphatic carbocycles. The smallest absolute Gasteiger partial charge is 0.0307 e. The number of rotatable bonds is 6. The molecule has 0 radical (unpaired) electrons. The third kappa shape index (κ3) is 4.60. The number of hydrogen-bond acceptors (Lipinski definition) is 3. The minimum atomic E-state index is 0.176. The lowest BCUT2D eigenvalue weighted by atomic mass is 10.0. The monoisotopic (exact) mass is 261 g/mol. The van der Waals surface area contributed by atoms with Crippen LogP contribution in [0.1, 0.15) is 31.4 Å². The van der Waals surface area contributed by atoms with Crippen molar-refractivity contribution >= 4 is 0 Å². The van der Waals surface area contributed by atoms with Crippen LogP contribution in [0.5, 0.6) is 0 Å². The van der Waals surface area contributed by atoms with Crippen molar-refractivity contribution in [3.8, 4) is 0 Å². The minimum absolute atomic E-state index is 0.176. The molecule has 3 heteroatoms. The predicted molar refractivity (Wildman–Crippen MR) is 81.2 cm³/mol. The van der Waals surface area contributed by atoms with Gasteiger partial charge in [0, 0.05) is 38.8 Å². The van der Waals surface area contributed by atoms with Crippen molar-refractivity contribution in [3.63, 3.8) is 0 Å². The van der Waals surface area contributed by atoms with Crippen molar-refractivity contribution in [1.29, 1.82) is 0 Å². The standard InChI is InChI=1S/C16H27N3/c1-2-9-18-11-13-19(14-12-18)10-8-16(17)15-6-4-3-5-7-15/h3-7,16H,2,8-14,17H2,1H3. The van der Waals surface area contributed by atoms with E-state index in [0.29, 0.717) is 0 Å². The van der Waals surface area contributed by atoms with Crippen molar-refractivity contribution in [2.45, 2.75) is 25.8 Å². The Kier molecular flexibility index (Phi) is 5.83. The first-order valence-corrected chi connectivity index (χ1v) is 7.55. The molecule has 0 spiro atoms. The van der Waals surface area contributed by atoms with Gasteiger partial charge in [-0.05, 0) is 24.9 Å². The first-order chi connectivity index (χ1) is 9.29. The molecular formula is C16H27N3. The first kappa shape index (κ1) is 14.5. The lowest BCUT2D eigenvalue weighted by Crippen LogP contribution is -2.47. The van der Waals surface area contributed by atoms with Crippen LogP contribution in [0.2, 0.25) is 0 Å². The number of piperazine rings is 1. The summed E-state index contributed by atoms with van der Waals surface area (Å²) in [5.74, 6) is 0. The van der Waals surface area contributed by atoms with Gasteiger partial charge < -0.3 is 15.5 Å². The third-order valence-corrected chi connectivity index (χ3v) is 3.99. The highest BCUT2D eigenvalue weighted by molar-refractivity contribution is 5.18. The van der Waals surface area contributed by atoms with Crippen LogP contribution in [0, 0.1) is 0 Å². The maximum Gasteiger partial charge on any atom is 0.0307 e. The molecule has 1 aromatic rings. The summed E-state index contributed by atoms with van der Waals surface area (Å²) in [5.41, 5.74) is 7.51. The van der Waals surface area contributed by atoms with Crippen molar-refractivity contribution in [2.24, 2.45) is 5.73 Å². The van der Waals surface area contributed by atoms with E-state index in [1.807, 2.05) is 6.07 Å². The molecule has 2 rings (SSSR count). The van der Waals surface area contributed by atoms with E-state index in [1.54, 1.807) is 0 Å². The number of nitrogens with two attached hydrogens (primary N) is 1. The van der Waals surface area contributed by atoms with Gasteiger partial charge in [-0.2, -0.15) is 0 Å². The van der Waals surface area contributed by atoms with Gasteiger partial charge in [-0.15, -0.1) is 0 Å². The fourth-order valence-corrected chi connectivity index (χ4v) is 2.74. The second-order valence-corrected chi connectivity index (χ2v) is 5.49. The van der Waals surface area contributed by atoms with E-state index in [-0.39, 0.29) is 6.04 Å². The molecule has 1 atom stereocenters. The van der Waals surface area contributed by atoms with Crippen LogP contribution in [0.15, 0.2) is 30.3 Å². The van der Waals surface area contributed by atoms with Crippen molar-refractivity contribution in [2.75, 3.05) is 39.3 Å². The zero-order valence-corrected chi connectivity index (χ0v) is 12.1. The van der Waals surface area contributed by atoms with E-state index in [9.17, 15) is 0 Å². The summed E-state index contributed by atoms with van der Waals surface area (Å²) in [6.45, 7) is 9.45. The summed E-state index contributed by atoms with van der Waals surface area (Å²) in [6.07, 6.45) is 2.32. The zero-order valence-electron chi connectivity index (χ0n) is 12.1. The van der Waals surface area contributed by atoms with Gasteiger partial charge in [-0.25, -0.2) is 0 Å². The fraction of sp³-hybridized carbons (Fsp3) is 0.625. The van der Waals surface area contributed by atoms with Crippen molar-refractivity contribution in [3.05, 3.63) is 35.9 Å². The highest BCUT2D eigenvalue weighted by atomic mass is 15.3. The third-order valence-electron chi connectivity index (χ3n) is 3.99. The fourth-order valence-electron chi connectivity index (χ4n) is 2.74. The van der Waals surface area contributed by atoms with Crippen LogP contribution in [0.4, 0.5) is 0 Å². The molecule has 106 valence electrons. The van der Waals surface area contributed by atoms with Crippen molar-refractivity contribution in [1.82, 2.24) is 9.80 Å². The zero-order chi connectivity index (χ0) is 13.5. The molecule has 2 N–H and O–H groups in total. The van der Waals surface area contributed by atoms with Gasteiger partial charge in [0.2, 0.25) is 0 Å². The Hall–Kier alpha value is -0.900. The normalized spacial score (nSPS) is 19.5. The molecule has 1 aromatic carbocycles. The molecular weight excluding hydrogens is 234 g/mol. The van der Waals surface area contributed by atoms with Gasteiger partial charge in [0.1, 0.15) is 0 Å². The Morgan fingerprint density at radius 3 is 2.16 bits per heavy atom. The molecule has 0 saturated carbocycles. The van der Waals surface area contributed by atoms with E-state index in [1.165, 1.54) is 44.7 Å². The lowest BCUT2D eigenvalue weighted by Gasteiger charge is -2.35. The molecule has 1 saturated heterocycles. The summed E-state index contributed by atoms with van der Waals surface area (Å²) in [6, 6.07) is 10.6. The average molecular weight is 261 g/mol. The quantitative estimate of drug-likeness (QED) is 0.851. The Bertz CT molecular complexity index is 344. The molecule has 1 fully saturated rings. The van der Waals surface area contributed by atoms with Crippen molar-refractivity contribution < 1.29 is 0 Å². The van der Waals surface area contributed by atoms with Gasteiger partial charge in [-0.3, -0.25) is 0 Å². The van der Waals surface area contributed by atoms with Gasteiger partial charge in [0.15, 0.2) is 0 Å². The van der Waals surface area contributed by atoms with Crippen LogP contribution in [0.3, 0.4) is 0 Å². The largest absolute Gasteiger partial charge is 0.324 e. The van der Waals surface area contributed by atoms with E-state index < -0.39 is 0 Å². The van der Waals surface area contributed by atoms with E-state index in [0.717, 1.165) is 13.0 Å². The summed E-state index contributed by atoms with van der Waals surface area (Å²) < 4.78 is 0. The van der Waals surface area contributed by atoms with Crippen LogP contribution in [-0.2, 0) is 0 Å². The maximum atomic E-state index is 6.25. The van der Waals surface area contributed by atoms with E-state index in [2.05, 4.69) is 41.0 Å². The highest BCUT2D eigenvalue weighted by Gasteiger charge is 2.16. The SMILES string of the molecule is CCCN1CCN(CCC(N)c2ccccc2)CC1. The van der Waals surface area contributed by atoms with E-state index in [4.69, 9.17) is 5.73 Å². The van der Waals surface area contributed by atoms with Crippen LogP contribution >= 0.6 is 0 Å². The van der Waals surface area contributed by atoms with Gasteiger partial charge in [0.25, 0.3) is 0 Å². The van der Waals surface area contributed by atoms with Gasteiger partial charge in [0.05, 0.1) is 0 Å². The molecule has 1 unspecified atom stereocenters. The maximum absolute atomic E-state index is 6.25. The van der Waals surface area contributed by atoms with Gasteiger partial charge >= 0.3 is 0 Å². The second kappa shape index (κ2) is 7.63. The van der Waals surface area contributed by atoms with Crippen LogP contribution in [-0.4, -0.2) is 49.1 Å². The predicted octanol–water partition coefficient (Wildman–Crippen LogP) is 2.10. The Morgan fingerprint density at radius 2 is 1.58 bits per heavy atom. The van der Waals surface area contributed by atoms with Gasteiger partial charge in [-0.1, -0.05) is 37.3 Å². The summed E-state index contributed by atoms with van der Waals surface area (Å²) in [7, 11) is 0. The Balaban J connectivity index is 1.69. The lowest BCUT2D eigenvalue weighted by molar-refractivity contribution is 0.130. The number of nitrogens with zero attached hydrogens (tertiary/aromatic N) is 2. The number of benzene rings is 1. The van der Waals surface area contributed by atoms with Crippen LogP contribution in [0.25, 0.3) is 0 Å². The molecule has 0 amide bonds. The minimum Gasteiger partial charge on any atom is -0.324 e. The molecule has 3 nitrogen and oxygen atoms in total.